The molecule has 0 bridgehead atoms. The van der Waals surface area contributed by atoms with E-state index in [0.29, 0.717) is 0 Å². The molecule has 0 saturated carbocycles. The van der Waals surface area contributed by atoms with Gasteiger partial charge in [0.25, 0.3) is 5.63 Å². The molecule has 44 valence electrons. The number of hydrogen-bond donors (Lipinski definition) is 0. The molecule has 0 aromatic heterocycles. The molecule has 0 aliphatic heterocycles. The van der Waals surface area contributed by atoms with Crippen LogP contribution < -0.4 is 0 Å². The van der Waals surface area contributed by atoms with Gasteiger partial charge in [-0.2, -0.15) is 0 Å². The average Bonchev–Trinajstić information content (AvgIpc) is 1.67. The molecule has 5 heteroatoms. The van der Waals surface area contributed by atoms with Crippen LogP contribution in [0.1, 0.15) is 0 Å². The Morgan fingerprint density at radius 2 is 2.38 bits per heavy atom. The van der Waals surface area contributed by atoms with Gasteiger partial charge >= 0.3 is 5.91 Å². The molecule has 3 nitrogen and oxygen atoms in total. The summed E-state index contributed by atoms with van der Waals surface area (Å²) in [6.07, 6.45) is 0.850. The third-order valence-electron chi connectivity index (χ3n) is 0.343. The van der Waals surface area contributed by atoms with Gasteiger partial charge < -0.3 is 0 Å². The summed E-state index contributed by atoms with van der Waals surface area (Å²) in [5, 5.41) is 0. The van der Waals surface area contributed by atoms with E-state index in [4.69, 9.17) is 0 Å². The summed E-state index contributed by atoms with van der Waals surface area (Å²) in [6.45, 7) is 0. The maximum atomic E-state index is 11.4. The molecule has 0 aromatic carbocycles. The molecular weight excluding hydrogens is 136 g/mol. The molecule has 0 aliphatic carbocycles. The Kier molecular flexibility index (Phi) is 2.99. The fourth-order valence-electron chi connectivity index (χ4n) is 0.0938. The summed E-state index contributed by atoms with van der Waals surface area (Å²) < 4.78 is 11.4. The van der Waals surface area contributed by atoms with E-state index in [0.717, 1.165) is 6.08 Å². The van der Waals surface area contributed by atoms with E-state index in [1.165, 1.54) is 0 Å². The van der Waals surface area contributed by atoms with Crippen LogP contribution >= 0.6 is 11.6 Å². The second-order valence-electron chi connectivity index (χ2n) is 0.842. The van der Waals surface area contributed by atoms with Crippen LogP contribution in [0.25, 0.3) is 0 Å². The number of rotatable bonds is 1. The Balaban J connectivity index is 3.84. The van der Waals surface area contributed by atoms with Crippen molar-refractivity contribution in [1.82, 2.24) is 0 Å². The number of hydrogen-bond acceptors (Lipinski definition) is 2. The second kappa shape index (κ2) is 3.29. The summed E-state index contributed by atoms with van der Waals surface area (Å²) >= 11 is 4.52. The molecule has 0 unspecified atom stereocenters. The Bertz CT molecular complexity index is 140. The Morgan fingerprint density at radius 3 is 2.50 bits per heavy atom. The van der Waals surface area contributed by atoms with Crippen molar-refractivity contribution < 1.29 is 14.0 Å². The molecule has 0 saturated heterocycles. The van der Waals surface area contributed by atoms with Crippen LogP contribution in [0, 0.1) is 0 Å². The molecular formula is C3HClFNO2. The maximum Gasteiger partial charge on any atom is 0.306 e. The first-order valence-electron chi connectivity index (χ1n) is 1.58. The van der Waals surface area contributed by atoms with E-state index >= 15 is 0 Å². The lowest BCUT2D eigenvalue weighted by atomic mass is 10.7. The fraction of sp³-hybridized carbons (Fsp3) is 0.333. The summed E-state index contributed by atoms with van der Waals surface area (Å²) in [5.74, 6) is -1.32. The summed E-state index contributed by atoms with van der Waals surface area (Å²) in [7, 11) is 0. The topological polar surface area (TPSA) is 46.5 Å². The second-order valence-corrected chi connectivity index (χ2v) is 1.23. The van der Waals surface area contributed by atoms with E-state index < -0.39 is 11.5 Å². The summed E-state index contributed by atoms with van der Waals surface area (Å²) in [5.41, 5.74) is -2.23. The highest BCUT2D eigenvalue weighted by Gasteiger charge is 2.10. The van der Waals surface area contributed by atoms with E-state index in [-0.39, 0.29) is 0 Å². The third kappa shape index (κ3) is 2.44. The van der Waals surface area contributed by atoms with Crippen molar-refractivity contribution >= 4 is 23.6 Å². The first-order chi connectivity index (χ1) is 3.68. The molecule has 0 radical (unpaired) electrons. The van der Waals surface area contributed by atoms with E-state index in [9.17, 15) is 14.0 Å². The standard InChI is InChI=1S/C3HClFNO2/c4-2(5)3(8)6-1-7/h2H/t2-/m1/s1. The Morgan fingerprint density at radius 1 is 1.88 bits per heavy atom. The lowest BCUT2D eigenvalue weighted by molar-refractivity contribution is -0.119. The number of nitrogens with zero attached hydrogens (tertiary/aromatic N) is 1. The molecule has 1 amide bonds. The van der Waals surface area contributed by atoms with Gasteiger partial charge in [0.2, 0.25) is 6.08 Å². The Hall–Kier alpha value is -0.730. The van der Waals surface area contributed by atoms with Gasteiger partial charge in [0, 0.05) is 0 Å². The van der Waals surface area contributed by atoms with Gasteiger partial charge in [-0.25, -0.2) is 9.18 Å². The summed E-state index contributed by atoms with van der Waals surface area (Å²) in [6, 6.07) is 0. The zero-order valence-electron chi connectivity index (χ0n) is 3.60. The van der Waals surface area contributed by atoms with E-state index in [2.05, 4.69) is 16.6 Å². The third-order valence-corrected chi connectivity index (χ3v) is 0.529. The van der Waals surface area contributed by atoms with Gasteiger partial charge in [-0.15, -0.1) is 4.99 Å². The van der Waals surface area contributed by atoms with Crippen molar-refractivity contribution in [3.63, 3.8) is 0 Å². The molecule has 0 aliphatic rings. The van der Waals surface area contributed by atoms with Crippen molar-refractivity contribution in [3.8, 4) is 0 Å². The lowest BCUT2D eigenvalue weighted by Crippen LogP contribution is -2.03. The van der Waals surface area contributed by atoms with Crippen LogP contribution in [0.2, 0.25) is 0 Å². The van der Waals surface area contributed by atoms with Gasteiger partial charge in [0.05, 0.1) is 0 Å². The quantitative estimate of drug-likeness (QED) is 0.298. The zero-order chi connectivity index (χ0) is 6.57. The molecule has 8 heavy (non-hydrogen) atoms. The molecule has 0 N–H and O–H groups in total. The molecule has 0 aromatic rings. The maximum absolute atomic E-state index is 11.4. The normalized spacial score (nSPS) is 11.8. The van der Waals surface area contributed by atoms with Crippen molar-refractivity contribution in [1.29, 1.82) is 0 Å². The minimum Gasteiger partial charge on any atom is -0.267 e. The predicted molar refractivity (Wildman–Crippen MR) is 23.9 cm³/mol. The molecule has 0 rings (SSSR count). The number of carbonyl (C=O) groups excluding carboxylic acids is 2. The highest BCUT2D eigenvalue weighted by Crippen LogP contribution is 1.97. The molecule has 1 atom stereocenters. The number of halogens is 2. The van der Waals surface area contributed by atoms with Crippen LogP contribution in [-0.4, -0.2) is 17.6 Å². The number of aliphatic imine (C=N–C) groups is 1. The number of alkyl halides is 2. The van der Waals surface area contributed by atoms with Crippen molar-refractivity contribution in [2.24, 2.45) is 4.99 Å². The first-order valence-corrected chi connectivity index (χ1v) is 2.02. The van der Waals surface area contributed by atoms with Gasteiger partial charge in [0.1, 0.15) is 0 Å². The van der Waals surface area contributed by atoms with E-state index in [1.54, 1.807) is 0 Å². The van der Waals surface area contributed by atoms with Gasteiger partial charge in [0.15, 0.2) is 0 Å². The predicted octanol–water partition coefficient (Wildman–Crippen LogP) is 0.383. The SMILES string of the molecule is O=C=NC(=O)[C@@H](F)Cl. The minimum atomic E-state index is -2.23. The van der Waals surface area contributed by atoms with Crippen LogP contribution in [0.5, 0.6) is 0 Å². The highest BCUT2D eigenvalue weighted by atomic mass is 35.5. The van der Waals surface area contributed by atoms with Crippen molar-refractivity contribution in [2.75, 3.05) is 0 Å². The number of amides is 1. The summed E-state index contributed by atoms with van der Waals surface area (Å²) in [4.78, 5) is 21.4. The Labute approximate surface area is 49.2 Å². The van der Waals surface area contributed by atoms with Gasteiger partial charge in [-0.05, 0) is 0 Å². The molecule has 0 heterocycles. The number of isocyanates is 1. The zero-order valence-corrected chi connectivity index (χ0v) is 4.35. The van der Waals surface area contributed by atoms with E-state index in [1.807, 2.05) is 0 Å². The van der Waals surface area contributed by atoms with Gasteiger partial charge in [-0.3, -0.25) is 4.79 Å². The molecule has 0 spiro atoms. The van der Waals surface area contributed by atoms with Crippen molar-refractivity contribution in [3.05, 3.63) is 0 Å². The average molecular weight is 137 g/mol. The monoisotopic (exact) mass is 137 g/mol. The number of carbonyl (C=O) groups is 1. The largest absolute Gasteiger partial charge is 0.306 e. The van der Waals surface area contributed by atoms with Crippen LogP contribution in [0.4, 0.5) is 4.39 Å². The molecule has 0 fully saturated rings. The lowest BCUT2D eigenvalue weighted by Gasteiger charge is -1.83. The van der Waals surface area contributed by atoms with Crippen LogP contribution in [-0.2, 0) is 9.59 Å². The van der Waals surface area contributed by atoms with Crippen LogP contribution in [0.15, 0.2) is 4.99 Å². The van der Waals surface area contributed by atoms with Crippen molar-refractivity contribution in [2.45, 2.75) is 5.63 Å². The van der Waals surface area contributed by atoms with Gasteiger partial charge in [-0.1, -0.05) is 11.6 Å². The van der Waals surface area contributed by atoms with Crippen LogP contribution in [0.3, 0.4) is 0 Å². The fourth-order valence-corrected chi connectivity index (χ4v) is 0.143. The highest BCUT2D eigenvalue weighted by molar-refractivity contribution is 6.29. The minimum absolute atomic E-state index is 0.850. The smallest absolute Gasteiger partial charge is 0.267 e. The first kappa shape index (κ1) is 7.27.